The van der Waals surface area contributed by atoms with E-state index in [1.165, 1.54) is 6.07 Å². The van der Waals surface area contributed by atoms with Gasteiger partial charge in [0.1, 0.15) is 5.54 Å². The number of imide groups is 1. The largest absolute Gasteiger partial charge is 0.325 e. The van der Waals surface area contributed by atoms with Gasteiger partial charge in [-0.05, 0) is 37.5 Å². The number of alkyl halides is 2. The molecule has 0 bridgehead atoms. The second-order valence-corrected chi connectivity index (χ2v) is 8.48. The van der Waals surface area contributed by atoms with Gasteiger partial charge in [-0.3, -0.25) is 19.5 Å². The molecule has 1 aromatic heterocycles. The Balaban J connectivity index is 1.51. The molecule has 31 heavy (non-hydrogen) atoms. The number of rotatable bonds is 4. The van der Waals surface area contributed by atoms with Gasteiger partial charge in [-0.1, -0.05) is 23.7 Å². The number of nitrogens with one attached hydrogen (secondary N) is 1. The fourth-order valence-electron chi connectivity index (χ4n) is 4.09. The average Bonchev–Trinajstić information content (AvgIpc) is 2.95. The van der Waals surface area contributed by atoms with E-state index >= 15 is 0 Å². The molecule has 1 aromatic carbocycles. The standard InChI is InChI=1S/C22H20ClF2N3O3/c1-13-4-9-26-11-16(13)15-3-2-14(10-17(15)23)18(29)12-28-19(30)21(27-20(28)31)5-7-22(24,25)8-6-21/h2-4,9-11H,5-8,12H2,1H3,(H,27,31). The number of aryl methyl sites for hydroxylation is 1. The fourth-order valence-corrected chi connectivity index (χ4v) is 4.37. The molecule has 2 aliphatic rings. The van der Waals surface area contributed by atoms with E-state index in [-0.39, 0.29) is 18.4 Å². The summed E-state index contributed by atoms with van der Waals surface area (Å²) in [7, 11) is 0. The Hall–Kier alpha value is -2.87. The summed E-state index contributed by atoms with van der Waals surface area (Å²) in [6.45, 7) is 1.44. The number of nitrogens with zero attached hydrogens (tertiary/aromatic N) is 2. The molecule has 1 aliphatic heterocycles. The molecule has 2 aromatic rings. The van der Waals surface area contributed by atoms with Crippen LogP contribution in [0.15, 0.2) is 36.7 Å². The van der Waals surface area contributed by atoms with Crippen molar-refractivity contribution in [1.29, 1.82) is 0 Å². The number of halogens is 3. The highest BCUT2D eigenvalue weighted by atomic mass is 35.5. The maximum absolute atomic E-state index is 13.5. The summed E-state index contributed by atoms with van der Waals surface area (Å²) in [6.07, 6.45) is 2.08. The molecular formula is C22H20ClF2N3O3. The molecule has 4 rings (SSSR count). The van der Waals surface area contributed by atoms with Crippen molar-refractivity contribution in [3.05, 3.63) is 52.8 Å². The molecule has 162 valence electrons. The molecule has 0 atom stereocenters. The van der Waals surface area contributed by atoms with Crippen LogP contribution in [0.5, 0.6) is 0 Å². The molecule has 3 amide bonds. The van der Waals surface area contributed by atoms with E-state index in [4.69, 9.17) is 11.6 Å². The topological polar surface area (TPSA) is 79.4 Å². The summed E-state index contributed by atoms with van der Waals surface area (Å²) < 4.78 is 27.0. The number of urea groups is 1. The van der Waals surface area contributed by atoms with Crippen molar-refractivity contribution in [2.45, 2.75) is 44.1 Å². The fraction of sp³-hybridized carbons (Fsp3) is 0.364. The molecule has 6 nitrogen and oxygen atoms in total. The summed E-state index contributed by atoms with van der Waals surface area (Å²) in [5, 5.41) is 2.87. The molecule has 9 heteroatoms. The normalized spacial score (nSPS) is 19.5. The number of ketones is 1. The molecule has 1 N–H and O–H groups in total. The zero-order chi connectivity index (χ0) is 22.4. The van der Waals surface area contributed by atoms with E-state index in [9.17, 15) is 23.2 Å². The smallest absolute Gasteiger partial charge is 0.323 e. The summed E-state index contributed by atoms with van der Waals surface area (Å²) >= 11 is 6.39. The highest BCUT2D eigenvalue weighted by Gasteiger charge is 2.55. The number of benzene rings is 1. The van der Waals surface area contributed by atoms with Crippen LogP contribution in [-0.4, -0.2) is 45.6 Å². The van der Waals surface area contributed by atoms with Crippen molar-refractivity contribution in [3.8, 4) is 11.1 Å². The Morgan fingerprint density at radius 2 is 1.87 bits per heavy atom. The predicted molar refractivity (Wildman–Crippen MR) is 110 cm³/mol. The number of aromatic nitrogens is 1. The summed E-state index contributed by atoms with van der Waals surface area (Å²) in [6, 6.07) is 5.86. The minimum atomic E-state index is -2.84. The summed E-state index contributed by atoms with van der Waals surface area (Å²) in [4.78, 5) is 42.8. The molecule has 1 saturated heterocycles. The lowest BCUT2D eigenvalue weighted by Gasteiger charge is -2.34. The second-order valence-electron chi connectivity index (χ2n) is 8.07. The number of hydrogen-bond acceptors (Lipinski definition) is 4. The van der Waals surface area contributed by atoms with Gasteiger partial charge in [-0.2, -0.15) is 0 Å². The Bertz CT molecular complexity index is 1080. The lowest BCUT2D eigenvalue weighted by Crippen LogP contribution is -2.51. The molecule has 1 aliphatic carbocycles. The molecule has 2 fully saturated rings. The number of amides is 3. The van der Waals surface area contributed by atoms with Crippen LogP contribution in [0.1, 0.15) is 41.6 Å². The Morgan fingerprint density at radius 3 is 2.52 bits per heavy atom. The van der Waals surface area contributed by atoms with E-state index < -0.39 is 48.6 Å². The van der Waals surface area contributed by atoms with E-state index in [0.717, 1.165) is 16.0 Å². The van der Waals surface area contributed by atoms with Crippen molar-refractivity contribution in [2.75, 3.05) is 6.54 Å². The Morgan fingerprint density at radius 1 is 1.16 bits per heavy atom. The monoisotopic (exact) mass is 447 g/mol. The molecular weight excluding hydrogens is 428 g/mol. The van der Waals surface area contributed by atoms with Crippen LogP contribution in [0.25, 0.3) is 11.1 Å². The van der Waals surface area contributed by atoms with Crippen LogP contribution in [0.3, 0.4) is 0 Å². The van der Waals surface area contributed by atoms with Gasteiger partial charge in [0.2, 0.25) is 5.92 Å². The minimum Gasteiger partial charge on any atom is -0.323 e. The lowest BCUT2D eigenvalue weighted by atomic mass is 9.80. The van der Waals surface area contributed by atoms with Crippen LogP contribution in [0.2, 0.25) is 5.02 Å². The number of carbonyl (C=O) groups excluding carboxylic acids is 3. The molecule has 1 spiro atoms. The van der Waals surface area contributed by atoms with E-state index in [1.807, 2.05) is 13.0 Å². The zero-order valence-corrected chi connectivity index (χ0v) is 17.5. The number of hydrogen-bond donors (Lipinski definition) is 1. The van der Waals surface area contributed by atoms with Crippen LogP contribution < -0.4 is 5.32 Å². The minimum absolute atomic E-state index is 0.153. The van der Waals surface area contributed by atoms with Crippen molar-refractivity contribution >= 4 is 29.3 Å². The predicted octanol–water partition coefficient (Wildman–Crippen LogP) is 4.39. The Kier molecular flexibility index (Phi) is 5.29. The number of carbonyl (C=O) groups is 3. The zero-order valence-electron chi connectivity index (χ0n) is 16.8. The third kappa shape index (κ3) is 3.92. The van der Waals surface area contributed by atoms with E-state index in [1.54, 1.807) is 24.5 Å². The van der Waals surface area contributed by atoms with Gasteiger partial charge in [-0.25, -0.2) is 13.6 Å². The van der Waals surface area contributed by atoms with Crippen molar-refractivity contribution in [2.24, 2.45) is 0 Å². The van der Waals surface area contributed by atoms with Crippen LogP contribution in [0, 0.1) is 6.92 Å². The third-order valence-electron chi connectivity index (χ3n) is 6.00. The number of pyridine rings is 1. The summed E-state index contributed by atoms with van der Waals surface area (Å²) in [5.41, 5.74) is 1.40. The quantitative estimate of drug-likeness (QED) is 0.556. The second kappa shape index (κ2) is 7.67. The van der Waals surface area contributed by atoms with Crippen molar-refractivity contribution < 1.29 is 23.2 Å². The van der Waals surface area contributed by atoms with Gasteiger partial charge in [0.05, 0.1) is 6.54 Å². The first-order chi connectivity index (χ1) is 14.6. The van der Waals surface area contributed by atoms with Crippen LogP contribution in [-0.2, 0) is 4.79 Å². The summed E-state index contributed by atoms with van der Waals surface area (Å²) in [5.74, 6) is -3.95. The highest BCUT2D eigenvalue weighted by molar-refractivity contribution is 6.33. The van der Waals surface area contributed by atoms with Gasteiger partial charge in [0.15, 0.2) is 5.78 Å². The van der Waals surface area contributed by atoms with E-state index in [2.05, 4.69) is 10.3 Å². The highest BCUT2D eigenvalue weighted by Crippen LogP contribution is 2.41. The van der Waals surface area contributed by atoms with Gasteiger partial charge >= 0.3 is 6.03 Å². The van der Waals surface area contributed by atoms with Gasteiger partial charge < -0.3 is 5.32 Å². The van der Waals surface area contributed by atoms with Crippen molar-refractivity contribution in [3.63, 3.8) is 0 Å². The maximum Gasteiger partial charge on any atom is 0.325 e. The molecule has 0 radical (unpaired) electrons. The molecule has 2 heterocycles. The number of Topliss-reactive ketones (excluding diaryl/α,β-unsaturated/α-hetero) is 1. The third-order valence-corrected chi connectivity index (χ3v) is 6.32. The van der Waals surface area contributed by atoms with Gasteiger partial charge in [-0.15, -0.1) is 0 Å². The Labute approximate surface area is 182 Å². The first-order valence-electron chi connectivity index (χ1n) is 9.88. The molecule has 1 saturated carbocycles. The van der Waals surface area contributed by atoms with Gasteiger partial charge in [0, 0.05) is 46.9 Å². The lowest BCUT2D eigenvalue weighted by molar-refractivity contribution is -0.135. The average molecular weight is 448 g/mol. The first-order valence-corrected chi connectivity index (χ1v) is 10.3. The first kappa shape index (κ1) is 21.4. The molecule has 0 unspecified atom stereocenters. The van der Waals surface area contributed by atoms with Crippen LogP contribution in [0.4, 0.5) is 13.6 Å². The van der Waals surface area contributed by atoms with Gasteiger partial charge in [0.25, 0.3) is 5.91 Å². The maximum atomic E-state index is 13.5. The van der Waals surface area contributed by atoms with Crippen molar-refractivity contribution in [1.82, 2.24) is 15.2 Å². The van der Waals surface area contributed by atoms with Crippen LogP contribution >= 0.6 is 11.6 Å². The SMILES string of the molecule is Cc1ccncc1-c1ccc(C(=O)CN2C(=O)NC3(CCC(F)(F)CC3)C2=O)cc1Cl. The van der Waals surface area contributed by atoms with E-state index in [0.29, 0.717) is 10.6 Å².